The molecule has 0 heterocycles. The fourth-order valence-corrected chi connectivity index (χ4v) is 3.85. The molecule has 19 heavy (non-hydrogen) atoms. The lowest BCUT2D eigenvalue weighted by Crippen LogP contribution is -2.38. The van der Waals surface area contributed by atoms with E-state index in [1.807, 2.05) is 25.1 Å². The molecule has 0 bridgehead atoms. The molecule has 1 aromatic rings. The Labute approximate surface area is 131 Å². The van der Waals surface area contributed by atoms with Crippen molar-refractivity contribution in [3.8, 4) is 0 Å². The summed E-state index contributed by atoms with van der Waals surface area (Å²) in [6.45, 7) is 2.02. The van der Waals surface area contributed by atoms with Crippen LogP contribution in [0.5, 0.6) is 0 Å². The zero-order chi connectivity index (χ0) is 13.8. The van der Waals surface area contributed by atoms with Gasteiger partial charge in [0.1, 0.15) is 0 Å². The van der Waals surface area contributed by atoms with Gasteiger partial charge in [-0.15, -0.1) is 0 Å². The van der Waals surface area contributed by atoms with Crippen molar-refractivity contribution >= 4 is 37.8 Å². The highest BCUT2D eigenvalue weighted by molar-refractivity contribution is 9.10. The lowest BCUT2D eigenvalue weighted by molar-refractivity contribution is 0.0922. The summed E-state index contributed by atoms with van der Waals surface area (Å²) in [7, 11) is 0. The zero-order valence-corrected chi connectivity index (χ0v) is 14.3. The fraction of sp³-hybridized carbons (Fsp3) is 0.533. The lowest BCUT2D eigenvalue weighted by Gasteiger charge is -2.28. The largest absolute Gasteiger partial charge is 0.349 e. The summed E-state index contributed by atoms with van der Waals surface area (Å²) in [6, 6.07) is 6.17. The van der Waals surface area contributed by atoms with Crippen LogP contribution < -0.4 is 5.32 Å². The second kappa shape index (κ2) is 6.89. The van der Waals surface area contributed by atoms with Gasteiger partial charge in [0, 0.05) is 15.8 Å². The third-order valence-electron chi connectivity index (χ3n) is 3.77. The molecule has 2 rings (SSSR count). The molecular formula is C15H19Br2NO. The number of hydrogen-bond acceptors (Lipinski definition) is 1. The first-order chi connectivity index (χ1) is 9.10. The number of alkyl halides is 1. The molecule has 0 saturated heterocycles. The molecule has 1 amide bonds. The van der Waals surface area contributed by atoms with E-state index in [0.717, 1.165) is 39.7 Å². The number of nitrogens with one attached hydrogen (secondary N) is 1. The van der Waals surface area contributed by atoms with Crippen molar-refractivity contribution in [2.75, 3.05) is 5.33 Å². The van der Waals surface area contributed by atoms with E-state index in [2.05, 4.69) is 37.2 Å². The molecule has 1 N–H and O–H groups in total. The first kappa shape index (κ1) is 15.0. The van der Waals surface area contributed by atoms with Gasteiger partial charge in [-0.05, 0) is 72.2 Å². The van der Waals surface area contributed by atoms with Gasteiger partial charge in [-0.25, -0.2) is 0 Å². The molecule has 4 heteroatoms. The van der Waals surface area contributed by atoms with Crippen molar-refractivity contribution in [1.82, 2.24) is 5.32 Å². The standard InChI is InChI=1S/C15H19Br2NO/c1-10-2-7-13(14(17)8-10)15(19)18-12-5-3-11(9-16)4-6-12/h2,7-8,11-12H,3-6,9H2,1H3,(H,18,19). The predicted octanol–water partition coefficient (Wildman–Crippen LogP) is 4.44. The highest BCUT2D eigenvalue weighted by Gasteiger charge is 2.22. The number of rotatable bonds is 3. The van der Waals surface area contributed by atoms with E-state index in [4.69, 9.17) is 0 Å². The van der Waals surface area contributed by atoms with E-state index < -0.39 is 0 Å². The molecule has 2 nitrogen and oxygen atoms in total. The predicted molar refractivity (Wildman–Crippen MR) is 85.9 cm³/mol. The maximum atomic E-state index is 12.2. The molecule has 1 aromatic carbocycles. The molecular weight excluding hydrogens is 370 g/mol. The molecule has 1 saturated carbocycles. The van der Waals surface area contributed by atoms with Gasteiger partial charge >= 0.3 is 0 Å². The number of halogens is 2. The van der Waals surface area contributed by atoms with Gasteiger partial charge in [-0.3, -0.25) is 4.79 Å². The third-order valence-corrected chi connectivity index (χ3v) is 5.34. The summed E-state index contributed by atoms with van der Waals surface area (Å²) < 4.78 is 0.874. The van der Waals surface area contributed by atoms with Crippen molar-refractivity contribution in [3.63, 3.8) is 0 Å². The minimum Gasteiger partial charge on any atom is -0.349 e. The molecule has 1 aliphatic rings. The molecule has 0 aliphatic heterocycles. The Morgan fingerprint density at radius 3 is 2.58 bits per heavy atom. The molecule has 0 unspecified atom stereocenters. The van der Waals surface area contributed by atoms with Gasteiger partial charge in [-0.1, -0.05) is 22.0 Å². The number of amides is 1. The number of aryl methyl sites for hydroxylation is 1. The molecule has 0 atom stereocenters. The van der Waals surface area contributed by atoms with Gasteiger partial charge in [0.15, 0.2) is 0 Å². The summed E-state index contributed by atoms with van der Waals surface area (Å²) in [5, 5.41) is 4.24. The van der Waals surface area contributed by atoms with E-state index in [0.29, 0.717) is 6.04 Å². The van der Waals surface area contributed by atoms with Crippen LogP contribution in [-0.4, -0.2) is 17.3 Å². The van der Waals surface area contributed by atoms with E-state index in [1.54, 1.807) is 0 Å². The summed E-state index contributed by atoms with van der Waals surface area (Å²) >= 11 is 7.01. The van der Waals surface area contributed by atoms with Crippen LogP contribution in [0.15, 0.2) is 22.7 Å². The van der Waals surface area contributed by atoms with E-state index in [-0.39, 0.29) is 5.91 Å². The smallest absolute Gasteiger partial charge is 0.252 e. The van der Waals surface area contributed by atoms with Crippen LogP contribution in [0, 0.1) is 12.8 Å². The first-order valence-corrected chi connectivity index (χ1v) is 8.64. The monoisotopic (exact) mass is 387 g/mol. The van der Waals surface area contributed by atoms with Crippen molar-refractivity contribution in [2.24, 2.45) is 5.92 Å². The SMILES string of the molecule is Cc1ccc(C(=O)NC2CCC(CBr)CC2)c(Br)c1. The van der Waals surface area contributed by atoms with Crippen LogP contribution in [0.1, 0.15) is 41.6 Å². The van der Waals surface area contributed by atoms with E-state index >= 15 is 0 Å². The molecule has 104 valence electrons. The summed E-state index contributed by atoms with van der Waals surface area (Å²) in [5.74, 6) is 0.813. The fourth-order valence-electron chi connectivity index (χ4n) is 2.53. The zero-order valence-electron chi connectivity index (χ0n) is 11.1. The van der Waals surface area contributed by atoms with Crippen molar-refractivity contribution in [1.29, 1.82) is 0 Å². The Morgan fingerprint density at radius 1 is 1.32 bits per heavy atom. The van der Waals surface area contributed by atoms with E-state index in [1.165, 1.54) is 12.8 Å². The van der Waals surface area contributed by atoms with Gasteiger partial charge in [0.2, 0.25) is 0 Å². The van der Waals surface area contributed by atoms with Gasteiger partial charge in [0.05, 0.1) is 5.56 Å². The summed E-state index contributed by atoms with van der Waals surface area (Å²) in [5.41, 5.74) is 1.88. The highest BCUT2D eigenvalue weighted by Crippen LogP contribution is 2.26. The average molecular weight is 389 g/mol. The Balaban J connectivity index is 1.94. The van der Waals surface area contributed by atoms with Crippen LogP contribution in [0.2, 0.25) is 0 Å². The second-order valence-electron chi connectivity index (χ2n) is 5.33. The molecule has 1 aliphatic carbocycles. The number of carbonyl (C=O) groups excluding carboxylic acids is 1. The summed E-state index contributed by atoms with van der Waals surface area (Å²) in [6.07, 6.45) is 4.58. The average Bonchev–Trinajstić information content (AvgIpc) is 2.39. The van der Waals surface area contributed by atoms with Crippen LogP contribution >= 0.6 is 31.9 Å². The molecule has 0 aromatic heterocycles. The number of carbonyl (C=O) groups is 1. The summed E-state index contributed by atoms with van der Waals surface area (Å²) in [4.78, 5) is 12.2. The molecule has 0 radical (unpaired) electrons. The minimum atomic E-state index is 0.0363. The molecule has 1 fully saturated rings. The third kappa shape index (κ3) is 4.06. The normalized spacial score (nSPS) is 23.1. The number of benzene rings is 1. The van der Waals surface area contributed by atoms with Crippen molar-refractivity contribution in [2.45, 2.75) is 38.6 Å². The van der Waals surface area contributed by atoms with Crippen LogP contribution in [0.25, 0.3) is 0 Å². The van der Waals surface area contributed by atoms with Crippen molar-refractivity contribution < 1.29 is 4.79 Å². The van der Waals surface area contributed by atoms with Gasteiger partial charge < -0.3 is 5.32 Å². The maximum absolute atomic E-state index is 12.2. The Kier molecular flexibility index (Phi) is 5.46. The Bertz CT molecular complexity index is 453. The van der Waals surface area contributed by atoms with Gasteiger partial charge in [-0.2, -0.15) is 0 Å². The van der Waals surface area contributed by atoms with Crippen molar-refractivity contribution in [3.05, 3.63) is 33.8 Å². The Hall–Kier alpha value is -0.350. The first-order valence-electron chi connectivity index (χ1n) is 6.73. The minimum absolute atomic E-state index is 0.0363. The van der Waals surface area contributed by atoms with Crippen LogP contribution in [0.4, 0.5) is 0 Å². The van der Waals surface area contributed by atoms with Crippen LogP contribution in [0.3, 0.4) is 0 Å². The van der Waals surface area contributed by atoms with E-state index in [9.17, 15) is 4.79 Å². The highest BCUT2D eigenvalue weighted by atomic mass is 79.9. The second-order valence-corrected chi connectivity index (χ2v) is 6.83. The Morgan fingerprint density at radius 2 is 2.00 bits per heavy atom. The molecule has 0 spiro atoms. The number of hydrogen-bond donors (Lipinski definition) is 1. The quantitative estimate of drug-likeness (QED) is 0.762. The lowest BCUT2D eigenvalue weighted by atomic mass is 9.87. The van der Waals surface area contributed by atoms with Gasteiger partial charge in [0.25, 0.3) is 5.91 Å². The topological polar surface area (TPSA) is 29.1 Å². The maximum Gasteiger partial charge on any atom is 0.252 e. The van der Waals surface area contributed by atoms with Crippen LogP contribution in [-0.2, 0) is 0 Å².